The molecular formula is C18H21N5O2. The average molecular weight is 339 g/mol. The Bertz CT molecular complexity index is 768. The van der Waals surface area contributed by atoms with Gasteiger partial charge in [-0.3, -0.25) is 14.7 Å². The zero-order valence-corrected chi connectivity index (χ0v) is 13.9. The summed E-state index contributed by atoms with van der Waals surface area (Å²) >= 11 is 0. The standard InChI is InChI=1S/C18H21N5O2/c24-17-9-13(12-23(17)14-10-19-20-11-14)18(25)21-15-5-1-2-6-16(15)22-7-3-4-8-22/h1-2,5-6,10-11,13H,3-4,7-9,12H2,(H,19,20)(H,21,25). The van der Waals surface area contributed by atoms with Crippen LogP contribution in [0.5, 0.6) is 0 Å². The van der Waals surface area contributed by atoms with Gasteiger partial charge in [-0.05, 0) is 25.0 Å². The van der Waals surface area contributed by atoms with E-state index in [-0.39, 0.29) is 24.2 Å². The van der Waals surface area contributed by atoms with Gasteiger partial charge in [0.05, 0.1) is 29.2 Å². The van der Waals surface area contributed by atoms with Crippen LogP contribution in [0.3, 0.4) is 0 Å². The van der Waals surface area contributed by atoms with Crippen LogP contribution in [0.15, 0.2) is 36.7 Å². The summed E-state index contributed by atoms with van der Waals surface area (Å²) in [6.07, 6.45) is 5.85. The van der Waals surface area contributed by atoms with Crippen molar-refractivity contribution >= 4 is 28.9 Å². The molecule has 1 aromatic carbocycles. The highest BCUT2D eigenvalue weighted by atomic mass is 16.2. The van der Waals surface area contributed by atoms with Gasteiger partial charge >= 0.3 is 0 Å². The van der Waals surface area contributed by atoms with Crippen LogP contribution in [0.2, 0.25) is 0 Å². The molecule has 2 amide bonds. The number of amides is 2. The lowest BCUT2D eigenvalue weighted by Crippen LogP contribution is -2.28. The first-order chi connectivity index (χ1) is 12.2. The molecule has 2 aromatic rings. The number of nitrogens with zero attached hydrogens (tertiary/aromatic N) is 3. The summed E-state index contributed by atoms with van der Waals surface area (Å²) in [5.41, 5.74) is 2.59. The van der Waals surface area contributed by atoms with Crippen molar-refractivity contribution in [1.29, 1.82) is 0 Å². The number of benzene rings is 1. The van der Waals surface area contributed by atoms with Crippen LogP contribution in [0.25, 0.3) is 0 Å². The smallest absolute Gasteiger partial charge is 0.229 e. The van der Waals surface area contributed by atoms with Crippen LogP contribution < -0.4 is 15.1 Å². The summed E-state index contributed by atoms with van der Waals surface area (Å²) in [4.78, 5) is 28.8. The molecule has 4 rings (SSSR count). The zero-order valence-electron chi connectivity index (χ0n) is 13.9. The highest BCUT2D eigenvalue weighted by Crippen LogP contribution is 2.30. The second kappa shape index (κ2) is 6.58. The number of anilines is 3. The van der Waals surface area contributed by atoms with Crippen molar-refractivity contribution in [2.45, 2.75) is 19.3 Å². The second-order valence-corrected chi connectivity index (χ2v) is 6.56. The first-order valence-electron chi connectivity index (χ1n) is 8.66. The third-order valence-electron chi connectivity index (χ3n) is 4.90. The molecule has 2 saturated heterocycles. The van der Waals surface area contributed by atoms with Gasteiger partial charge in [0.15, 0.2) is 0 Å². The Morgan fingerprint density at radius 1 is 1.24 bits per heavy atom. The maximum Gasteiger partial charge on any atom is 0.229 e. The number of hydrogen-bond acceptors (Lipinski definition) is 4. The van der Waals surface area contributed by atoms with Gasteiger partial charge in [0.1, 0.15) is 0 Å². The number of aromatic nitrogens is 2. The Labute approximate surface area is 146 Å². The number of para-hydroxylation sites is 2. The van der Waals surface area contributed by atoms with Crippen LogP contribution in [-0.4, -0.2) is 41.6 Å². The van der Waals surface area contributed by atoms with Crippen molar-refractivity contribution in [3.05, 3.63) is 36.7 Å². The predicted molar refractivity (Wildman–Crippen MR) is 95.6 cm³/mol. The quantitative estimate of drug-likeness (QED) is 0.893. The normalized spacial score (nSPS) is 20.3. The summed E-state index contributed by atoms with van der Waals surface area (Å²) in [5.74, 6) is -0.505. The zero-order chi connectivity index (χ0) is 17.2. The number of carbonyl (C=O) groups excluding carboxylic acids is 2. The van der Waals surface area contributed by atoms with Gasteiger partial charge in [-0.2, -0.15) is 5.10 Å². The fraction of sp³-hybridized carbons (Fsp3) is 0.389. The van der Waals surface area contributed by atoms with E-state index in [9.17, 15) is 9.59 Å². The van der Waals surface area contributed by atoms with Gasteiger partial charge in [0, 0.05) is 32.3 Å². The van der Waals surface area contributed by atoms with E-state index in [4.69, 9.17) is 0 Å². The van der Waals surface area contributed by atoms with Gasteiger partial charge < -0.3 is 15.1 Å². The van der Waals surface area contributed by atoms with Crippen molar-refractivity contribution in [1.82, 2.24) is 10.2 Å². The van der Waals surface area contributed by atoms with E-state index in [1.54, 1.807) is 17.3 Å². The molecule has 0 aliphatic carbocycles. The summed E-state index contributed by atoms with van der Waals surface area (Å²) in [6, 6.07) is 7.88. The fourth-order valence-corrected chi connectivity index (χ4v) is 3.57. The van der Waals surface area contributed by atoms with Crippen molar-refractivity contribution in [3.8, 4) is 0 Å². The van der Waals surface area contributed by atoms with Crippen LogP contribution in [0, 0.1) is 5.92 Å². The Morgan fingerprint density at radius 3 is 2.80 bits per heavy atom. The fourth-order valence-electron chi connectivity index (χ4n) is 3.57. The van der Waals surface area contributed by atoms with E-state index in [0.717, 1.165) is 24.5 Å². The summed E-state index contributed by atoms with van der Waals surface area (Å²) in [5, 5.41) is 9.60. The summed E-state index contributed by atoms with van der Waals surface area (Å²) in [7, 11) is 0. The lowest BCUT2D eigenvalue weighted by Gasteiger charge is -2.22. The Balaban J connectivity index is 1.47. The lowest BCUT2D eigenvalue weighted by atomic mass is 10.1. The lowest BCUT2D eigenvalue weighted by molar-refractivity contribution is -0.122. The molecule has 3 heterocycles. The summed E-state index contributed by atoms with van der Waals surface area (Å²) < 4.78 is 0. The summed E-state index contributed by atoms with van der Waals surface area (Å²) in [6.45, 7) is 2.42. The molecule has 1 aromatic heterocycles. The topological polar surface area (TPSA) is 81.3 Å². The van der Waals surface area contributed by atoms with Crippen molar-refractivity contribution in [2.24, 2.45) is 5.92 Å². The molecule has 2 aliphatic rings. The van der Waals surface area contributed by atoms with E-state index < -0.39 is 0 Å². The molecule has 0 spiro atoms. The molecule has 7 nitrogen and oxygen atoms in total. The van der Waals surface area contributed by atoms with E-state index >= 15 is 0 Å². The second-order valence-electron chi connectivity index (χ2n) is 6.56. The minimum Gasteiger partial charge on any atom is -0.370 e. The molecule has 2 fully saturated rings. The number of hydrogen-bond donors (Lipinski definition) is 2. The van der Waals surface area contributed by atoms with Gasteiger partial charge in [0.2, 0.25) is 11.8 Å². The first kappa shape index (κ1) is 15.7. The van der Waals surface area contributed by atoms with Crippen LogP contribution in [0.4, 0.5) is 17.1 Å². The number of aromatic amines is 1. The molecule has 1 atom stereocenters. The highest BCUT2D eigenvalue weighted by molar-refractivity contribution is 6.04. The molecule has 0 saturated carbocycles. The van der Waals surface area contributed by atoms with E-state index in [1.807, 2.05) is 24.3 Å². The monoisotopic (exact) mass is 339 g/mol. The largest absolute Gasteiger partial charge is 0.370 e. The van der Waals surface area contributed by atoms with Crippen molar-refractivity contribution < 1.29 is 9.59 Å². The van der Waals surface area contributed by atoms with Crippen LogP contribution in [-0.2, 0) is 9.59 Å². The molecule has 0 bridgehead atoms. The van der Waals surface area contributed by atoms with E-state index in [2.05, 4.69) is 20.4 Å². The van der Waals surface area contributed by atoms with Crippen LogP contribution in [0.1, 0.15) is 19.3 Å². The third kappa shape index (κ3) is 3.09. The van der Waals surface area contributed by atoms with E-state index in [1.165, 1.54) is 12.8 Å². The maximum absolute atomic E-state index is 12.7. The SMILES string of the molecule is O=C(Nc1ccccc1N1CCCC1)C1CC(=O)N(c2cn[nH]c2)C1. The Morgan fingerprint density at radius 2 is 2.04 bits per heavy atom. The molecule has 130 valence electrons. The first-order valence-corrected chi connectivity index (χ1v) is 8.66. The number of rotatable bonds is 4. The predicted octanol–water partition coefficient (Wildman–Crippen LogP) is 2.00. The number of carbonyl (C=O) groups is 2. The highest BCUT2D eigenvalue weighted by Gasteiger charge is 2.35. The average Bonchev–Trinajstić information content (AvgIpc) is 3.37. The van der Waals surface area contributed by atoms with Crippen molar-refractivity contribution in [3.63, 3.8) is 0 Å². The minimum absolute atomic E-state index is 0.0469. The minimum atomic E-state index is -0.353. The molecule has 1 unspecified atom stereocenters. The third-order valence-corrected chi connectivity index (χ3v) is 4.90. The Hall–Kier alpha value is -2.83. The number of H-pyrrole nitrogens is 1. The number of nitrogens with one attached hydrogen (secondary N) is 2. The van der Waals surface area contributed by atoms with Crippen LogP contribution >= 0.6 is 0 Å². The van der Waals surface area contributed by atoms with Gasteiger partial charge in [0.25, 0.3) is 0 Å². The van der Waals surface area contributed by atoms with Crippen molar-refractivity contribution in [2.75, 3.05) is 34.8 Å². The van der Waals surface area contributed by atoms with Gasteiger partial charge in [-0.1, -0.05) is 12.1 Å². The molecule has 2 N–H and O–H groups in total. The molecular weight excluding hydrogens is 318 g/mol. The van der Waals surface area contributed by atoms with E-state index in [0.29, 0.717) is 12.2 Å². The van der Waals surface area contributed by atoms with Gasteiger partial charge in [-0.25, -0.2) is 0 Å². The van der Waals surface area contributed by atoms with Gasteiger partial charge in [-0.15, -0.1) is 0 Å². The Kier molecular flexibility index (Phi) is 4.13. The molecule has 25 heavy (non-hydrogen) atoms. The molecule has 0 radical (unpaired) electrons. The maximum atomic E-state index is 12.7. The molecule has 7 heteroatoms. The molecule has 2 aliphatic heterocycles.